The van der Waals surface area contributed by atoms with Crippen LogP contribution in [0.25, 0.3) is 0 Å². The van der Waals surface area contributed by atoms with Crippen molar-refractivity contribution >= 4 is 11.9 Å². The van der Waals surface area contributed by atoms with E-state index in [2.05, 4.69) is 35.1 Å². The van der Waals surface area contributed by atoms with E-state index in [4.69, 9.17) is 0 Å². The van der Waals surface area contributed by atoms with E-state index >= 15 is 0 Å². The zero-order valence-electron chi connectivity index (χ0n) is 13.3. The number of rotatable bonds is 4. The predicted molar refractivity (Wildman–Crippen MR) is 89.4 cm³/mol. The topological polar surface area (TPSA) is 74.5 Å². The largest absolute Gasteiger partial charge is 0.354 e. The van der Waals surface area contributed by atoms with Gasteiger partial charge in [-0.2, -0.15) is 0 Å². The average Bonchev–Trinajstić information content (AvgIpc) is 3.13. The first-order valence-electron chi connectivity index (χ1n) is 7.80. The van der Waals surface area contributed by atoms with Crippen LogP contribution in [0.15, 0.2) is 42.2 Å². The minimum atomic E-state index is 0.801. The van der Waals surface area contributed by atoms with Crippen molar-refractivity contribution < 1.29 is 0 Å². The van der Waals surface area contributed by atoms with Crippen LogP contribution in [0.2, 0.25) is 0 Å². The van der Waals surface area contributed by atoms with Crippen LogP contribution in [0.3, 0.4) is 0 Å². The van der Waals surface area contributed by atoms with Gasteiger partial charge in [0.25, 0.3) is 0 Å². The van der Waals surface area contributed by atoms with E-state index in [1.807, 2.05) is 30.2 Å². The minimum Gasteiger partial charge on any atom is -0.354 e. The van der Waals surface area contributed by atoms with Crippen molar-refractivity contribution in [3.63, 3.8) is 0 Å². The summed E-state index contributed by atoms with van der Waals surface area (Å²) >= 11 is 0. The highest BCUT2D eigenvalue weighted by Crippen LogP contribution is 2.09. The van der Waals surface area contributed by atoms with Crippen molar-refractivity contribution in [2.75, 3.05) is 44.7 Å². The number of aliphatic imine (C=N–C) groups is 1. The number of anilines is 1. The lowest BCUT2D eigenvalue weighted by atomic mass is 10.3. The second-order valence-corrected chi connectivity index (χ2v) is 5.30. The van der Waals surface area contributed by atoms with Gasteiger partial charge in [-0.3, -0.25) is 4.99 Å². The number of guanidine groups is 1. The summed E-state index contributed by atoms with van der Waals surface area (Å²) in [5.74, 6) is 1.74. The van der Waals surface area contributed by atoms with E-state index in [1.165, 1.54) is 0 Å². The molecule has 3 rings (SSSR count). The normalized spacial score (nSPS) is 15.8. The Morgan fingerprint density at radius 1 is 1.17 bits per heavy atom. The first kappa shape index (κ1) is 15.3. The second-order valence-electron chi connectivity index (χ2n) is 5.30. The molecule has 0 atom stereocenters. The molecule has 1 aliphatic rings. The molecule has 122 valence electrons. The molecule has 1 fully saturated rings. The Morgan fingerprint density at radius 2 is 1.96 bits per heavy atom. The SMILES string of the molecule is CN=C(NCCn1ccnc1)N1CCN(c2ncccn2)CC1. The Hall–Kier alpha value is -2.64. The smallest absolute Gasteiger partial charge is 0.225 e. The molecule has 0 amide bonds. The summed E-state index contributed by atoms with van der Waals surface area (Å²) in [6, 6.07) is 1.84. The Bertz CT molecular complexity index is 602. The molecule has 2 aromatic rings. The van der Waals surface area contributed by atoms with Crippen LogP contribution in [-0.4, -0.2) is 70.1 Å². The van der Waals surface area contributed by atoms with Gasteiger partial charge in [-0.25, -0.2) is 15.0 Å². The van der Waals surface area contributed by atoms with Gasteiger partial charge in [-0.15, -0.1) is 0 Å². The summed E-state index contributed by atoms with van der Waals surface area (Å²) in [6.45, 7) is 5.30. The maximum atomic E-state index is 4.39. The van der Waals surface area contributed by atoms with Gasteiger partial charge in [0.05, 0.1) is 6.33 Å². The lowest BCUT2D eigenvalue weighted by Gasteiger charge is -2.36. The Kier molecular flexibility index (Phi) is 5.02. The van der Waals surface area contributed by atoms with E-state index in [9.17, 15) is 0 Å². The van der Waals surface area contributed by atoms with E-state index in [-0.39, 0.29) is 0 Å². The number of aromatic nitrogens is 4. The average molecular weight is 314 g/mol. The summed E-state index contributed by atoms with van der Waals surface area (Å²) < 4.78 is 2.05. The molecule has 1 saturated heterocycles. The van der Waals surface area contributed by atoms with Gasteiger partial charge in [-0.1, -0.05) is 0 Å². The molecular weight excluding hydrogens is 292 g/mol. The lowest BCUT2D eigenvalue weighted by molar-refractivity contribution is 0.369. The second kappa shape index (κ2) is 7.57. The van der Waals surface area contributed by atoms with Gasteiger partial charge in [0.2, 0.25) is 5.95 Å². The molecule has 1 aliphatic heterocycles. The highest BCUT2D eigenvalue weighted by Gasteiger charge is 2.20. The van der Waals surface area contributed by atoms with Crippen molar-refractivity contribution in [1.29, 1.82) is 0 Å². The molecular formula is C15H22N8. The Balaban J connectivity index is 1.47. The summed E-state index contributed by atoms with van der Waals surface area (Å²) in [7, 11) is 1.83. The van der Waals surface area contributed by atoms with Crippen LogP contribution < -0.4 is 10.2 Å². The molecule has 0 radical (unpaired) electrons. The van der Waals surface area contributed by atoms with E-state index in [0.717, 1.165) is 51.2 Å². The van der Waals surface area contributed by atoms with E-state index in [0.29, 0.717) is 0 Å². The third-order valence-electron chi connectivity index (χ3n) is 3.84. The van der Waals surface area contributed by atoms with Crippen molar-refractivity contribution in [2.24, 2.45) is 4.99 Å². The van der Waals surface area contributed by atoms with Gasteiger partial charge in [0.1, 0.15) is 0 Å². The monoisotopic (exact) mass is 314 g/mol. The van der Waals surface area contributed by atoms with Crippen molar-refractivity contribution in [1.82, 2.24) is 29.7 Å². The molecule has 0 aliphatic carbocycles. The fourth-order valence-electron chi connectivity index (χ4n) is 2.62. The van der Waals surface area contributed by atoms with Gasteiger partial charge >= 0.3 is 0 Å². The van der Waals surface area contributed by atoms with Crippen molar-refractivity contribution in [2.45, 2.75) is 6.54 Å². The number of piperazine rings is 1. The molecule has 1 N–H and O–H groups in total. The first-order chi connectivity index (χ1) is 11.4. The van der Waals surface area contributed by atoms with Gasteiger partial charge < -0.3 is 19.7 Å². The zero-order valence-corrected chi connectivity index (χ0v) is 13.3. The summed E-state index contributed by atoms with van der Waals surface area (Å²) in [6.07, 6.45) is 9.14. The van der Waals surface area contributed by atoms with Crippen LogP contribution in [0, 0.1) is 0 Å². The van der Waals surface area contributed by atoms with Crippen LogP contribution in [0.5, 0.6) is 0 Å². The Morgan fingerprint density at radius 3 is 2.61 bits per heavy atom. The van der Waals surface area contributed by atoms with E-state index < -0.39 is 0 Å². The summed E-state index contributed by atoms with van der Waals surface area (Å²) in [5.41, 5.74) is 0. The number of nitrogens with one attached hydrogen (secondary N) is 1. The molecule has 2 aromatic heterocycles. The molecule has 8 heteroatoms. The molecule has 0 aromatic carbocycles. The van der Waals surface area contributed by atoms with Crippen LogP contribution >= 0.6 is 0 Å². The molecule has 0 saturated carbocycles. The van der Waals surface area contributed by atoms with Gasteiger partial charge in [0.15, 0.2) is 5.96 Å². The number of imidazole rings is 1. The fourth-order valence-corrected chi connectivity index (χ4v) is 2.62. The minimum absolute atomic E-state index is 0.801. The number of nitrogens with zero attached hydrogens (tertiary/aromatic N) is 7. The highest BCUT2D eigenvalue weighted by atomic mass is 15.4. The standard InChI is InChI=1S/C15H22N8/c1-16-14(20-6-8-21-7-5-17-13-21)22-9-11-23(12-10-22)15-18-3-2-4-19-15/h2-5,7,13H,6,8-12H2,1H3,(H,16,20). The molecule has 0 bridgehead atoms. The van der Waals surface area contributed by atoms with Gasteiger partial charge in [-0.05, 0) is 6.07 Å². The van der Waals surface area contributed by atoms with Crippen molar-refractivity contribution in [3.8, 4) is 0 Å². The zero-order chi connectivity index (χ0) is 15.9. The fraction of sp³-hybridized carbons (Fsp3) is 0.467. The van der Waals surface area contributed by atoms with Crippen LogP contribution in [0.1, 0.15) is 0 Å². The molecule has 0 spiro atoms. The van der Waals surface area contributed by atoms with Crippen LogP contribution in [0.4, 0.5) is 5.95 Å². The first-order valence-corrected chi connectivity index (χ1v) is 7.80. The van der Waals surface area contributed by atoms with Gasteiger partial charge in [0, 0.05) is 71.1 Å². The van der Waals surface area contributed by atoms with Crippen molar-refractivity contribution in [3.05, 3.63) is 37.2 Å². The van der Waals surface area contributed by atoms with E-state index in [1.54, 1.807) is 18.6 Å². The molecule has 0 unspecified atom stereocenters. The molecule has 3 heterocycles. The summed E-state index contributed by atoms with van der Waals surface area (Å²) in [4.78, 5) is 21.5. The third-order valence-corrected chi connectivity index (χ3v) is 3.84. The Labute approximate surface area is 135 Å². The molecule has 23 heavy (non-hydrogen) atoms. The number of hydrogen-bond donors (Lipinski definition) is 1. The maximum absolute atomic E-state index is 4.39. The molecule has 8 nitrogen and oxygen atoms in total. The summed E-state index contributed by atoms with van der Waals surface area (Å²) in [5, 5.41) is 3.41. The lowest BCUT2D eigenvalue weighted by Crippen LogP contribution is -2.53. The van der Waals surface area contributed by atoms with Crippen LogP contribution in [-0.2, 0) is 6.54 Å². The quantitative estimate of drug-likeness (QED) is 0.636. The number of hydrogen-bond acceptors (Lipinski definition) is 5. The maximum Gasteiger partial charge on any atom is 0.225 e. The highest BCUT2D eigenvalue weighted by molar-refractivity contribution is 5.80. The predicted octanol–water partition coefficient (Wildman–Crippen LogP) is 0.0707. The third kappa shape index (κ3) is 3.97.